The standard InChI is InChI=1S/C18H30N6OS/c1-16(25)22-9-7-21(8-10-22)6-5-20-18(19-2)24-13-11-23(12-14-24)17-4-3-15-26-17/h3-4,15H,5-14H2,1-2H3,(H,19,20). The van der Waals surface area contributed by atoms with Crippen molar-refractivity contribution < 1.29 is 4.79 Å². The van der Waals surface area contributed by atoms with Crippen molar-refractivity contribution in [3.8, 4) is 0 Å². The molecule has 2 fully saturated rings. The fourth-order valence-corrected chi connectivity index (χ4v) is 4.32. The first-order valence-electron chi connectivity index (χ1n) is 9.39. The van der Waals surface area contributed by atoms with Crippen LogP contribution in [0.1, 0.15) is 6.92 Å². The van der Waals surface area contributed by atoms with E-state index in [0.29, 0.717) is 0 Å². The minimum atomic E-state index is 0.185. The molecule has 0 aliphatic carbocycles. The van der Waals surface area contributed by atoms with Gasteiger partial charge in [-0.15, -0.1) is 11.3 Å². The van der Waals surface area contributed by atoms with E-state index in [1.54, 1.807) is 6.92 Å². The minimum Gasteiger partial charge on any atom is -0.360 e. The molecule has 1 aromatic heterocycles. The van der Waals surface area contributed by atoms with Crippen LogP contribution >= 0.6 is 11.3 Å². The number of rotatable bonds is 4. The van der Waals surface area contributed by atoms with Crippen LogP contribution in [0.15, 0.2) is 22.5 Å². The Morgan fingerprint density at radius 1 is 1.12 bits per heavy atom. The highest BCUT2D eigenvalue weighted by Gasteiger charge is 2.21. The number of hydrogen-bond acceptors (Lipinski definition) is 5. The Bertz CT molecular complexity index is 589. The summed E-state index contributed by atoms with van der Waals surface area (Å²) in [6, 6.07) is 4.31. The highest BCUT2D eigenvalue weighted by atomic mass is 32.1. The highest BCUT2D eigenvalue weighted by molar-refractivity contribution is 7.14. The maximum absolute atomic E-state index is 11.4. The van der Waals surface area contributed by atoms with Gasteiger partial charge in [0.25, 0.3) is 0 Å². The molecule has 8 heteroatoms. The van der Waals surface area contributed by atoms with Crippen molar-refractivity contribution >= 4 is 28.2 Å². The van der Waals surface area contributed by atoms with Gasteiger partial charge >= 0.3 is 0 Å². The first-order valence-corrected chi connectivity index (χ1v) is 10.3. The molecule has 144 valence electrons. The molecular formula is C18H30N6OS. The maximum atomic E-state index is 11.4. The molecule has 2 saturated heterocycles. The van der Waals surface area contributed by atoms with Crippen molar-refractivity contribution in [2.75, 3.05) is 77.4 Å². The van der Waals surface area contributed by atoms with Gasteiger partial charge in [-0.25, -0.2) is 0 Å². The summed E-state index contributed by atoms with van der Waals surface area (Å²) >= 11 is 1.81. The molecular weight excluding hydrogens is 348 g/mol. The van der Waals surface area contributed by atoms with Crippen LogP contribution in [0.4, 0.5) is 5.00 Å². The van der Waals surface area contributed by atoms with Gasteiger partial charge in [0.05, 0.1) is 5.00 Å². The van der Waals surface area contributed by atoms with Crippen LogP contribution < -0.4 is 10.2 Å². The first-order chi connectivity index (χ1) is 12.7. The highest BCUT2D eigenvalue weighted by Crippen LogP contribution is 2.22. The lowest BCUT2D eigenvalue weighted by Gasteiger charge is -2.37. The summed E-state index contributed by atoms with van der Waals surface area (Å²) in [4.78, 5) is 25.0. The van der Waals surface area contributed by atoms with Crippen molar-refractivity contribution in [3.63, 3.8) is 0 Å². The molecule has 0 aromatic carbocycles. The Morgan fingerprint density at radius 2 is 1.81 bits per heavy atom. The number of anilines is 1. The largest absolute Gasteiger partial charge is 0.360 e. The number of guanidine groups is 1. The second kappa shape index (κ2) is 9.23. The zero-order valence-corrected chi connectivity index (χ0v) is 16.7. The number of carbonyl (C=O) groups excluding carboxylic acids is 1. The summed E-state index contributed by atoms with van der Waals surface area (Å²) in [5, 5.41) is 7.00. The first kappa shape index (κ1) is 19.0. The number of nitrogens with one attached hydrogen (secondary N) is 1. The summed E-state index contributed by atoms with van der Waals surface area (Å²) in [6.45, 7) is 11.2. The van der Waals surface area contributed by atoms with Crippen LogP contribution in [0, 0.1) is 0 Å². The van der Waals surface area contributed by atoms with Gasteiger partial charge in [-0.05, 0) is 17.5 Å². The molecule has 1 N–H and O–H groups in total. The van der Waals surface area contributed by atoms with Crippen LogP contribution in [0.2, 0.25) is 0 Å². The Hall–Kier alpha value is -1.80. The summed E-state index contributed by atoms with van der Waals surface area (Å²) in [6.07, 6.45) is 0. The zero-order chi connectivity index (χ0) is 18.4. The fraction of sp³-hybridized carbons (Fsp3) is 0.667. The molecule has 0 bridgehead atoms. The van der Waals surface area contributed by atoms with Gasteiger partial charge in [-0.3, -0.25) is 14.7 Å². The minimum absolute atomic E-state index is 0.185. The molecule has 0 unspecified atom stereocenters. The van der Waals surface area contributed by atoms with E-state index in [1.165, 1.54) is 5.00 Å². The normalized spacial score (nSPS) is 19.8. The van der Waals surface area contributed by atoms with E-state index in [2.05, 4.69) is 42.5 Å². The lowest BCUT2D eigenvalue weighted by atomic mass is 10.3. The van der Waals surface area contributed by atoms with E-state index in [9.17, 15) is 4.79 Å². The number of thiophene rings is 1. The summed E-state index contributed by atoms with van der Waals surface area (Å²) in [7, 11) is 1.86. The SMILES string of the molecule is CN=C(NCCN1CCN(C(C)=O)CC1)N1CCN(c2cccs2)CC1. The average molecular weight is 379 g/mol. The van der Waals surface area contributed by atoms with Crippen molar-refractivity contribution in [1.82, 2.24) is 20.0 Å². The Balaban J connectivity index is 1.37. The third-order valence-corrected chi connectivity index (χ3v) is 6.07. The predicted octanol–water partition coefficient (Wildman–Crippen LogP) is 0.610. The van der Waals surface area contributed by atoms with Gasteiger partial charge in [-0.2, -0.15) is 0 Å². The third kappa shape index (κ3) is 4.88. The summed E-state index contributed by atoms with van der Waals surface area (Å²) < 4.78 is 0. The lowest BCUT2D eigenvalue weighted by Crippen LogP contribution is -2.54. The Kier molecular flexibility index (Phi) is 6.73. The van der Waals surface area contributed by atoms with Crippen LogP contribution in [-0.4, -0.2) is 99.1 Å². The van der Waals surface area contributed by atoms with Gasteiger partial charge in [0.1, 0.15) is 0 Å². The van der Waals surface area contributed by atoms with E-state index in [1.807, 2.05) is 23.3 Å². The topological polar surface area (TPSA) is 54.4 Å². The monoisotopic (exact) mass is 378 g/mol. The summed E-state index contributed by atoms with van der Waals surface area (Å²) in [5.74, 6) is 1.18. The maximum Gasteiger partial charge on any atom is 0.219 e. The lowest BCUT2D eigenvalue weighted by molar-refractivity contribution is -0.130. The van der Waals surface area contributed by atoms with Gasteiger partial charge < -0.3 is 20.0 Å². The smallest absolute Gasteiger partial charge is 0.219 e. The molecule has 7 nitrogen and oxygen atoms in total. The van der Waals surface area contributed by atoms with Crippen molar-refractivity contribution in [1.29, 1.82) is 0 Å². The Morgan fingerprint density at radius 3 is 2.38 bits per heavy atom. The molecule has 0 radical (unpaired) electrons. The molecule has 2 aliphatic heterocycles. The second-order valence-corrected chi connectivity index (χ2v) is 7.67. The van der Waals surface area contributed by atoms with Crippen LogP contribution in [0.25, 0.3) is 0 Å². The number of amides is 1. The average Bonchev–Trinajstić information content (AvgIpc) is 3.21. The zero-order valence-electron chi connectivity index (χ0n) is 15.9. The van der Waals surface area contributed by atoms with Gasteiger partial charge in [0.15, 0.2) is 5.96 Å². The van der Waals surface area contributed by atoms with E-state index >= 15 is 0 Å². The van der Waals surface area contributed by atoms with Gasteiger partial charge in [0, 0.05) is 79.4 Å². The predicted molar refractivity (Wildman–Crippen MR) is 108 cm³/mol. The fourth-order valence-electron chi connectivity index (χ4n) is 3.53. The van der Waals surface area contributed by atoms with E-state index in [4.69, 9.17) is 0 Å². The molecule has 1 amide bonds. The van der Waals surface area contributed by atoms with Gasteiger partial charge in [0.2, 0.25) is 5.91 Å². The molecule has 2 aliphatic rings. The Labute approximate surface area is 160 Å². The quantitative estimate of drug-likeness (QED) is 0.615. The second-order valence-electron chi connectivity index (χ2n) is 6.75. The third-order valence-electron chi connectivity index (χ3n) is 5.14. The number of nitrogens with zero attached hydrogens (tertiary/aromatic N) is 5. The number of piperazine rings is 2. The van der Waals surface area contributed by atoms with E-state index < -0.39 is 0 Å². The molecule has 3 heterocycles. The molecule has 0 spiro atoms. The molecule has 1 aromatic rings. The molecule has 0 saturated carbocycles. The summed E-state index contributed by atoms with van der Waals surface area (Å²) in [5.41, 5.74) is 0. The van der Waals surface area contributed by atoms with Crippen LogP contribution in [0.5, 0.6) is 0 Å². The number of aliphatic imine (C=N–C) groups is 1. The van der Waals surface area contributed by atoms with Crippen molar-refractivity contribution in [3.05, 3.63) is 17.5 Å². The van der Waals surface area contributed by atoms with E-state index in [-0.39, 0.29) is 5.91 Å². The van der Waals surface area contributed by atoms with Crippen LogP contribution in [0.3, 0.4) is 0 Å². The van der Waals surface area contributed by atoms with Crippen molar-refractivity contribution in [2.24, 2.45) is 4.99 Å². The van der Waals surface area contributed by atoms with Gasteiger partial charge in [-0.1, -0.05) is 0 Å². The molecule has 0 atom stereocenters. The van der Waals surface area contributed by atoms with E-state index in [0.717, 1.165) is 71.4 Å². The molecule has 3 rings (SSSR count). The van der Waals surface area contributed by atoms with Crippen LogP contribution in [-0.2, 0) is 4.79 Å². The number of hydrogen-bond donors (Lipinski definition) is 1. The number of carbonyl (C=O) groups is 1. The molecule has 26 heavy (non-hydrogen) atoms. The van der Waals surface area contributed by atoms with Crippen molar-refractivity contribution in [2.45, 2.75) is 6.92 Å².